The Morgan fingerprint density at radius 1 is 0.921 bits per heavy atom. The fourth-order valence-corrected chi connectivity index (χ4v) is 4.53. The number of aryl methyl sites for hydroxylation is 2. The Hall–Kier alpha value is -4.05. The highest BCUT2D eigenvalue weighted by molar-refractivity contribution is 7.16. The van der Waals surface area contributed by atoms with Crippen molar-refractivity contribution >= 4 is 68.6 Å². The summed E-state index contributed by atoms with van der Waals surface area (Å²) in [5.41, 5.74) is 2.24. The highest BCUT2D eigenvalue weighted by Gasteiger charge is 2.22. The van der Waals surface area contributed by atoms with Gasteiger partial charge in [0.2, 0.25) is 0 Å². The maximum atomic E-state index is 13.3. The molecule has 3 N–H and O–H groups in total. The molecule has 4 aromatic rings. The SMILES string of the molecule is Cc1ccccc1NC(=O)C(N=NC(=O)c1ccccc1)=C(O)c1sc(Nc2ccc(Cl)c(Cl)c2)nc1C. The van der Waals surface area contributed by atoms with Gasteiger partial charge in [0.25, 0.3) is 11.8 Å². The molecule has 0 atom stereocenters. The van der Waals surface area contributed by atoms with Crippen LogP contribution in [0.2, 0.25) is 10.0 Å². The van der Waals surface area contributed by atoms with E-state index in [2.05, 4.69) is 25.8 Å². The maximum Gasteiger partial charge on any atom is 0.295 e. The molecule has 1 aromatic heterocycles. The molecule has 8 nitrogen and oxygen atoms in total. The van der Waals surface area contributed by atoms with E-state index in [9.17, 15) is 14.7 Å². The number of anilines is 3. The standard InChI is InChI=1S/C27H21Cl2N5O3S/c1-15-8-6-7-11-21(15)32-26(37)22(33-34-25(36)17-9-4-3-5-10-17)23(35)24-16(2)30-27(38-24)31-18-12-13-19(28)20(29)14-18/h3-14,35H,1-2H3,(H,30,31)(H,32,37). The van der Waals surface area contributed by atoms with Crippen LogP contribution in [0.5, 0.6) is 0 Å². The van der Waals surface area contributed by atoms with Crippen LogP contribution < -0.4 is 10.6 Å². The average Bonchev–Trinajstić information content (AvgIpc) is 3.27. The van der Waals surface area contributed by atoms with Gasteiger partial charge >= 0.3 is 0 Å². The number of para-hydroxylation sites is 1. The number of hydrogen-bond acceptors (Lipinski definition) is 7. The first-order valence-electron chi connectivity index (χ1n) is 11.2. The Morgan fingerprint density at radius 2 is 1.63 bits per heavy atom. The number of nitrogens with zero attached hydrogens (tertiary/aromatic N) is 3. The molecule has 0 aliphatic heterocycles. The number of azo groups is 1. The fraction of sp³-hybridized carbons (Fsp3) is 0.0741. The Balaban J connectivity index is 1.70. The van der Waals surface area contributed by atoms with Crippen molar-refractivity contribution in [3.63, 3.8) is 0 Å². The number of thiazole rings is 1. The van der Waals surface area contributed by atoms with Crippen LogP contribution in [0.1, 0.15) is 26.5 Å². The molecular formula is C27H21Cl2N5O3S. The molecular weight excluding hydrogens is 545 g/mol. The fourth-order valence-electron chi connectivity index (χ4n) is 3.30. The first kappa shape index (κ1) is 27.0. The second kappa shape index (κ2) is 12.0. The van der Waals surface area contributed by atoms with E-state index in [1.807, 2.05) is 19.1 Å². The highest BCUT2D eigenvalue weighted by atomic mass is 35.5. The van der Waals surface area contributed by atoms with Gasteiger partial charge in [0, 0.05) is 16.9 Å². The van der Waals surface area contributed by atoms with Crippen LogP contribution in [0.3, 0.4) is 0 Å². The molecule has 192 valence electrons. The molecule has 38 heavy (non-hydrogen) atoms. The van der Waals surface area contributed by atoms with Crippen LogP contribution in [-0.2, 0) is 4.79 Å². The Morgan fingerprint density at radius 3 is 2.34 bits per heavy atom. The molecule has 3 aromatic carbocycles. The normalized spacial score (nSPS) is 11.8. The summed E-state index contributed by atoms with van der Waals surface area (Å²) < 4.78 is 0. The highest BCUT2D eigenvalue weighted by Crippen LogP contribution is 2.33. The zero-order valence-electron chi connectivity index (χ0n) is 20.2. The summed E-state index contributed by atoms with van der Waals surface area (Å²) in [6, 6.07) is 20.4. The number of aliphatic hydroxyl groups excluding tert-OH is 1. The van der Waals surface area contributed by atoms with Crippen molar-refractivity contribution in [3.8, 4) is 0 Å². The molecule has 11 heteroatoms. The van der Waals surface area contributed by atoms with Crippen molar-refractivity contribution in [1.29, 1.82) is 0 Å². The lowest BCUT2D eigenvalue weighted by Crippen LogP contribution is -2.16. The average molecular weight is 566 g/mol. The van der Waals surface area contributed by atoms with Crippen molar-refractivity contribution in [2.24, 2.45) is 10.2 Å². The number of aliphatic hydroxyl groups is 1. The quantitative estimate of drug-likeness (QED) is 0.119. The van der Waals surface area contributed by atoms with Crippen LogP contribution in [-0.4, -0.2) is 21.9 Å². The minimum atomic E-state index is -0.742. The van der Waals surface area contributed by atoms with Crippen molar-refractivity contribution in [2.45, 2.75) is 13.8 Å². The van der Waals surface area contributed by atoms with Gasteiger partial charge in [-0.1, -0.05) is 70.9 Å². The van der Waals surface area contributed by atoms with Gasteiger partial charge in [-0.25, -0.2) is 4.98 Å². The number of amides is 2. The van der Waals surface area contributed by atoms with Gasteiger partial charge in [-0.15, -0.1) is 10.2 Å². The lowest BCUT2D eigenvalue weighted by atomic mass is 10.2. The number of halogens is 2. The van der Waals surface area contributed by atoms with E-state index in [1.165, 1.54) is 0 Å². The van der Waals surface area contributed by atoms with Crippen LogP contribution in [0.15, 0.2) is 88.7 Å². The number of carbonyl (C=O) groups is 2. The smallest absolute Gasteiger partial charge is 0.295 e. The predicted molar refractivity (Wildman–Crippen MR) is 152 cm³/mol. The molecule has 1 heterocycles. The van der Waals surface area contributed by atoms with Crippen molar-refractivity contribution in [1.82, 2.24) is 4.98 Å². The van der Waals surface area contributed by atoms with Crippen LogP contribution in [0.25, 0.3) is 5.76 Å². The molecule has 0 fully saturated rings. The Labute approximate surface area is 232 Å². The van der Waals surface area contributed by atoms with Crippen LogP contribution in [0.4, 0.5) is 16.5 Å². The topological polar surface area (TPSA) is 116 Å². The van der Waals surface area contributed by atoms with Gasteiger partial charge in [-0.2, -0.15) is 0 Å². The molecule has 0 bridgehead atoms. The number of hydrogen-bond donors (Lipinski definition) is 3. The Bertz CT molecular complexity index is 1570. The van der Waals surface area contributed by atoms with Gasteiger partial charge in [0.05, 0.1) is 20.6 Å². The minimum Gasteiger partial charge on any atom is -0.504 e. The van der Waals surface area contributed by atoms with Gasteiger partial charge in [-0.3, -0.25) is 9.59 Å². The molecule has 0 saturated heterocycles. The van der Waals surface area contributed by atoms with Crippen molar-refractivity contribution in [2.75, 3.05) is 10.6 Å². The molecule has 0 unspecified atom stereocenters. The van der Waals surface area contributed by atoms with Crippen molar-refractivity contribution in [3.05, 3.63) is 110 Å². The van der Waals surface area contributed by atoms with E-state index in [0.29, 0.717) is 32.2 Å². The van der Waals surface area contributed by atoms with E-state index in [4.69, 9.17) is 23.2 Å². The molecule has 0 radical (unpaired) electrons. The number of rotatable bonds is 7. The van der Waals surface area contributed by atoms with E-state index in [0.717, 1.165) is 16.9 Å². The van der Waals surface area contributed by atoms with E-state index >= 15 is 0 Å². The van der Waals surface area contributed by atoms with Crippen LogP contribution in [0, 0.1) is 13.8 Å². The monoisotopic (exact) mass is 565 g/mol. The second-order valence-corrected chi connectivity index (χ2v) is 9.84. The van der Waals surface area contributed by atoms with Gasteiger partial charge in [0.1, 0.15) is 0 Å². The third kappa shape index (κ3) is 6.44. The number of carbonyl (C=O) groups excluding carboxylic acids is 2. The third-order valence-electron chi connectivity index (χ3n) is 5.28. The number of benzene rings is 3. The first-order chi connectivity index (χ1) is 18.2. The molecule has 0 aliphatic rings. The van der Waals surface area contributed by atoms with E-state index in [-0.39, 0.29) is 10.4 Å². The summed E-state index contributed by atoms with van der Waals surface area (Å²) in [5.74, 6) is -1.88. The maximum absolute atomic E-state index is 13.3. The summed E-state index contributed by atoms with van der Waals surface area (Å²) in [7, 11) is 0. The summed E-state index contributed by atoms with van der Waals surface area (Å²) in [4.78, 5) is 30.5. The zero-order valence-corrected chi connectivity index (χ0v) is 22.5. The summed E-state index contributed by atoms with van der Waals surface area (Å²) in [6.07, 6.45) is 0. The van der Waals surface area contributed by atoms with Gasteiger partial charge in [-0.05, 0) is 55.8 Å². The second-order valence-electron chi connectivity index (χ2n) is 8.02. The molecule has 0 aliphatic carbocycles. The lowest BCUT2D eigenvalue weighted by molar-refractivity contribution is -0.112. The summed E-state index contributed by atoms with van der Waals surface area (Å²) >= 11 is 13.2. The first-order valence-corrected chi connectivity index (χ1v) is 12.8. The van der Waals surface area contributed by atoms with E-state index < -0.39 is 23.3 Å². The van der Waals surface area contributed by atoms with Crippen LogP contribution >= 0.6 is 34.5 Å². The number of aromatic nitrogens is 1. The molecule has 2 amide bonds. The lowest BCUT2D eigenvalue weighted by Gasteiger charge is -2.09. The van der Waals surface area contributed by atoms with E-state index in [1.54, 1.807) is 67.6 Å². The zero-order chi connectivity index (χ0) is 27.2. The molecule has 4 rings (SSSR count). The van der Waals surface area contributed by atoms with Gasteiger partial charge in [0.15, 0.2) is 16.6 Å². The Kier molecular flexibility index (Phi) is 8.52. The summed E-state index contributed by atoms with van der Waals surface area (Å²) in [6.45, 7) is 3.50. The number of nitrogens with one attached hydrogen (secondary N) is 2. The summed E-state index contributed by atoms with van der Waals surface area (Å²) in [5, 5.41) is 25.8. The third-order valence-corrected chi connectivity index (χ3v) is 7.10. The largest absolute Gasteiger partial charge is 0.504 e. The predicted octanol–water partition coefficient (Wildman–Crippen LogP) is 7.97. The van der Waals surface area contributed by atoms with Crippen molar-refractivity contribution < 1.29 is 14.7 Å². The minimum absolute atomic E-state index is 0.272. The van der Waals surface area contributed by atoms with Gasteiger partial charge < -0.3 is 15.7 Å². The molecule has 0 saturated carbocycles. The molecule has 0 spiro atoms.